The maximum atomic E-state index is 4.64. The van der Waals surface area contributed by atoms with E-state index in [0.29, 0.717) is 12.1 Å². The van der Waals surface area contributed by atoms with E-state index in [0.717, 1.165) is 37.6 Å². The zero-order valence-electron chi connectivity index (χ0n) is 21.3. The van der Waals surface area contributed by atoms with Gasteiger partial charge in [0.2, 0.25) is 0 Å². The van der Waals surface area contributed by atoms with Crippen molar-refractivity contribution in [1.29, 1.82) is 0 Å². The SMILES string of the molecule is CN(C)Cc1cc(C2=CNC([C@@H]3CCCN3)N2)ccc1-c1ccc(-c2cnc([C@@H]3CCCN3)[nH]2)cc1. The van der Waals surface area contributed by atoms with E-state index in [1.807, 2.05) is 6.20 Å². The van der Waals surface area contributed by atoms with Crippen LogP contribution in [0.3, 0.4) is 0 Å². The Morgan fingerprint density at radius 1 is 0.917 bits per heavy atom. The fourth-order valence-electron chi connectivity index (χ4n) is 5.73. The molecule has 3 aliphatic heterocycles. The van der Waals surface area contributed by atoms with Crippen LogP contribution in [0.5, 0.6) is 0 Å². The summed E-state index contributed by atoms with van der Waals surface area (Å²) in [5, 5.41) is 14.3. The van der Waals surface area contributed by atoms with Crippen LogP contribution in [-0.2, 0) is 6.54 Å². The summed E-state index contributed by atoms with van der Waals surface area (Å²) in [4.78, 5) is 10.4. The van der Waals surface area contributed by atoms with Crippen molar-refractivity contribution in [2.24, 2.45) is 0 Å². The summed E-state index contributed by atoms with van der Waals surface area (Å²) in [7, 11) is 4.26. The predicted molar refractivity (Wildman–Crippen MR) is 146 cm³/mol. The number of hydrogen-bond acceptors (Lipinski definition) is 6. The lowest BCUT2D eigenvalue weighted by molar-refractivity contribution is 0.403. The molecule has 188 valence electrons. The molecule has 2 fully saturated rings. The van der Waals surface area contributed by atoms with E-state index in [-0.39, 0.29) is 6.17 Å². The molecule has 6 rings (SSSR count). The standard InChI is InChI=1S/C29H37N7/c1-36(2)18-22-15-21(27-17-33-29(35-27)25-6-4-14-31-25)11-12-23(22)19-7-9-20(10-8-19)26-16-32-28(34-26)24-5-3-13-30-24/h7-12,15-17,24-25,29-31,33,35H,3-6,13-14,18H2,1-2H3,(H,32,34)/t24-,25-,29?/m0/s1. The summed E-state index contributed by atoms with van der Waals surface area (Å²) in [6, 6.07) is 16.5. The van der Waals surface area contributed by atoms with Gasteiger partial charge in [0, 0.05) is 18.8 Å². The molecule has 1 unspecified atom stereocenters. The molecule has 2 saturated heterocycles. The van der Waals surface area contributed by atoms with Crippen molar-refractivity contribution in [1.82, 2.24) is 36.1 Å². The van der Waals surface area contributed by atoms with Gasteiger partial charge >= 0.3 is 0 Å². The Hall–Kier alpha value is -3.13. The molecular weight excluding hydrogens is 446 g/mol. The highest BCUT2D eigenvalue weighted by Gasteiger charge is 2.28. The average Bonchev–Trinajstić information content (AvgIpc) is 3.70. The normalized spacial score (nSPS) is 23.6. The number of aromatic nitrogens is 2. The van der Waals surface area contributed by atoms with Crippen LogP contribution < -0.4 is 21.3 Å². The Labute approximate surface area is 213 Å². The second kappa shape index (κ2) is 10.1. The van der Waals surface area contributed by atoms with Crippen molar-refractivity contribution >= 4 is 5.70 Å². The Kier molecular flexibility index (Phi) is 6.52. The molecule has 7 heteroatoms. The van der Waals surface area contributed by atoms with Crippen molar-refractivity contribution < 1.29 is 0 Å². The van der Waals surface area contributed by atoms with Gasteiger partial charge in [-0.25, -0.2) is 4.98 Å². The molecule has 0 aliphatic carbocycles. The van der Waals surface area contributed by atoms with Gasteiger partial charge in [-0.3, -0.25) is 0 Å². The van der Waals surface area contributed by atoms with Crippen molar-refractivity contribution in [3.63, 3.8) is 0 Å². The first kappa shape index (κ1) is 23.3. The van der Waals surface area contributed by atoms with E-state index < -0.39 is 0 Å². The summed E-state index contributed by atoms with van der Waals surface area (Å²) in [6.07, 6.45) is 9.18. The highest BCUT2D eigenvalue weighted by atomic mass is 15.2. The van der Waals surface area contributed by atoms with Gasteiger partial charge in [0.15, 0.2) is 0 Å². The van der Waals surface area contributed by atoms with Crippen molar-refractivity contribution in [3.05, 3.63) is 71.8 Å². The molecule has 7 nitrogen and oxygen atoms in total. The first-order valence-electron chi connectivity index (χ1n) is 13.3. The highest BCUT2D eigenvalue weighted by Crippen LogP contribution is 2.31. The van der Waals surface area contributed by atoms with E-state index in [1.165, 1.54) is 52.8 Å². The van der Waals surface area contributed by atoms with Gasteiger partial charge in [-0.05, 0) is 86.8 Å². The molecule has 0 spiro atoms. The van der Waals surface area contributed by atoms with Crippen molar-refractivity contribution in [2.45, 2.75) is 50.5 Å². The molecule has 3 aliphatic rings. The highest BCUT2D eigenvalue weighted by molar-refractivity contribution is 5.75. The second-order valence-electron chi connectivity index (χ2n) is 10.6. The van der Waals surface area contributed by atoms with Gasteiger partial charge in [-0.1, -0.05) is 36.4 Å². The van der Waals surface area contributed by atoms with E-state index in [2.05, 4.69) is 98.9 Å². The molecule has 36 heavy (non-hydrogen) atoms. The topological polar surface area (TPSA) is 80.0 Å². The van der Waals surface area contributed by atoms with Crippen LogP contribution in [0.4, 0.5) is 0 Å². The van der Waals surface area contributed by atoms with Gasteiger partial charge in [0.25, 0.3) is 0 Å². The molecule has 3 atom stereocenters. The third kappa shape index (κ3) is 4.78. The van der Waals surface area contributed by atoms with Gasteiger partial charge in [0.05, 0.1) is 23.6 Å². The number of H-pyrrole nitrogens is 1. The minimum atomic E-state index is 0.263. The van der Waals surface area contributed by atoms with E-state index >= 15 is 0 Å². The summed E-state index contributed by atoms with van der Waals surface area (Å²) >= 11 is 0. The molecule has 4 heterocycles. The summed E-state index contributed by atoms with van der Waals surface area (Å²) in [5.41, 5.74) is 8.48. The van der Waals surface area contributed by atoms with Gasteiger partial charge in [-0.2, -0.15) is 0 Å². The Morgan fingerprint density at radius 2 is 1.69 bits per heavy atom. The van der Waals surface area contributed by atoms with E-state index in [9.17, 15) is 0 Å². The molecule has 1 aromatic heterocycles. The largest absolute Gasteiger partial charge is 0.368 e. The average molecular weight is 484 g/mol. The minimum Gasteiger partial charge on any atom is -0.368 e. The zero-order chi connectivity index (χ0) is 24.5. The molecular formula is C29H37N7. The summed E-state index contributed by atoms with van der Waals surface area (Å²) in [5.74, 6) is 1.05. The molecule has 2 aromatic carbocycles. The summed E-state index contributed by atoms with van der Waals surface area (Å²) in [6.45, 7) is 3.07. The first-order chi connectivity index (χ1) is 17.6. The maximum Gasteiger partial charge on any atom is 0.123 e. The van der Waals surface area contributed by atoms with Crippen LogP contribution in [0, 0.1) is 0 Å². The van der Waals surface area contributed by atoms with E-state index in [4.69, 9.17) is 0 Å². The number of benzene rings is 2. The number of rotatable bonds is 7. The second-order valence-corrected chi connectivity index (χ2v) is 10.6. The van der Waals surface area contributed by atoms with Gasteiger partial charge in [-0.15, -0.1) is 0 Å². The van der Waals surface area contributed by atoms with Gasteiger partial charge in [0.1, 0.15) is 12.0 Å². The fourth-order valence-corrected chi connectivity index (χ4v) is 5.73. The van der Waals surface area contributed by atoms with Gasteiger partial charge < -0.3 is 31.2 Å². The third-order valence-electron chi connectivity index (χ3n) is 7.61. The van der Waals surface area contributed by atoms with Crippen molar-refractivity contribution in [3.8, 4) is 22.4 Å². The lowest BCUT2D eigenvalue weighted by Gasteiger charge is -2.22. The molecule has 3 aromatic rings. The lowest BCUT2D eigenvalue weighted by Crippen LogP contribution is -2.47. The van der Waals surface area contributed by atoms with Crippen LogP contribution in [0.25, 0.3) is 28.1 Å². The number of nitrogens with one attached hydrogen (secondary N) is 5. The third-order valence-corrected chi connectivity index (χ3v) is 7.61. The maximum absolute atomic E-state index is 4.64. The minimum absolute atomic E-state index is 0.263. The van der Waals surface area contributed by atoms with Crippen LogP contribution in [0.2, 0.25) is 0 Å². The lowest BCUT2D eigenvalue weighted by atomic mass is 9.95. The van der Waals surface area contributed by atoms with Crippen LogP contribution in [-0.4, -0.2) is 54.3 Å². The number of aromatic amines is 1. The monoisotopic (exact) mass is 483 g/mol. The Bertz CT molecular complexity index is 1210. The molecule has 0 radical (unpaired) electrons. The molecule has 5 N–H and O–H groups in total. The molecule has 0 saturated carbocycles. The quantitative estimate of drug-likeness (QED) is 0.352. The smallest absolute Gasteiger partial charge is 0.123 e. The van der Waals surface area contributed by atoms with Crippen LogP contribution in [0.15, 0.2) is 54.9 Å². The predicted octanol–water partition coefficient (Wildman–Crippen LogP) is 3.80. The Morgan fingerprint density at radius 3 is 2.44 bits per heavy atom. The van der Waals surface area contributed by atoms with Crippen LogP contribution in [0.1, 0.15) is 48.7 Å². The van der Waals surface area contributed by atoms with Crippen LogP contribution >= 0.6 is 0 Å². The zero-order valence-corrected chi connectivity index (χ0v) is 21.3. The fraction of sp³-hybridized carbons (Fsp3) is 0.414. The number of hydrogen-bond donors (Lipinski definition) is 5. The Balaban J connectivity index is 1.22. The molecule has 0 amide bonds. The number of imidazole rings is 1. The van der Waals surface area contributed by atoms with Crippen molar-refractivity contribution in [2.75, 3.05) is 27.2 Å². The molecule has 0 bridgehead atoms. The van der Waals surface area contributed by atoms with E-state index in [1.54, 1.807) is 0 Å². The first-order valence-corrected chi connectivity index (χ1v) is 13.3. The number of nitrogens with zero attached hydrogens (tertiary/aromatic N) is 2. The summed E-state index contributed by atoms with van der Waals surface area (Å²) < 4.78 is 0.